The number of benzene rings is 1. The summed E-state index contributed by atoms with van der Waals surface area (Å²) in [6.07, 6.45) is 6.05. The molecule has 0 bridgehead atoms. The van der Waals surface area contributed by atoms with Crippen molar-refractivity contribution in [1.82, 2.24) is 10.6 Å². The lowest BCUT2D eigenvalue weighted by Gasteiger charge is -2.30. The Balaban J connectivity index is 0.00000288. The Hall–Kier alpha value is -1.59. The van der Waals surface area contributed by atoms with E-state index in [0.29, 0.717) is 24.6 Å². The predicted molar refractivity (Wildman–Crippen MR) is 98.1 cm³/mol. The summed E-state index contributed by atoms with van der Waals surface area (Å²) >= 11 is 0. The van der Waals surface area contributed by atoms with Crippen molar-refractivity contribution in [3.05, 3.63) is 35.4 Å². The van der Waals surface area contributed by atoms with Crippen LogP contribution in [-0.2, 0) is 11.3 Å². The molecular formula is C18H28ClN3O2. The molecule has 1 unspecified atom stereocenters. The molecule has 2 amide bonds. The van der Waals surface area contributed by atoms with E-state index in [9.17, 15) is 9.59 Å². The Morgan fingerprint density at radius 2 is 1.79 bits per heavy atom. The molecular weight excluding hydrogens is 326 g/mol. The monoisotopic (exact) mass is 353 g/mol. The predicted octanol–water partition coefficient (Wildman–Crippen LogP) is 2.38. The highest BCUT2D eigenvalue weighted by Crippen LogP contribution is 2.26. The number of nitrogens with two attached hydrogens (primary N) is 1. The lowest BCUT2D eigenvalue weighted by molar-refractivity contribution is -0.119. The highest BCUT2D eigenvalue weighted by Gasteiger charge is 2.24. The van der Waals surface area contributed by atoms with Crippen LogP contribution in [0.15, 0.2) is 24.3 Å². The van der Waals surface area contributed by atoms with Gasteiger partial charge in [-0.15, -0.1) is 12.4 Å². The number of halogens is 1. The summed E-state index contributed by atoms with van der Waals surface area (Å²) in [6, 6.07) is 7.37. The summed E-state index contributed by atoms with van der Waals surface area (Å²) in [6.45, 7) is 2.45. The number of hydrogen-bond acceptors (Lipinski definition) is 3. The van der Waals surface area contributed by atoms with E-state index in [4.69, 9.17) is 5.73 Å². The van der Waals surface area contributed by atoms with E-state index in [2.05, 4.69) is 10.6 Å². The Kier molecular flexibility index (Phi) is 8.79. The van der Waals surface area contributed by atoms with E-state index in [1.165, 1.54) is 26.2 Å². The molecule has 0 heterocycles. The molecule has 1 aliphatic carbocycles. The van der Waals surface area contributed by atoms with Gasteiger partial charge in [-0.1, -0.05) is 31.4 Å². The summed E-state index contributed by atoms with van der Waals surface area (Å²) < 4.78 is 0. The van der Waals surface area contributed by atoms with Crippen molar-refractivity contribution in [1.29, 1.82) is 0 Å². The highest BCUT2D eigenvalue weighted by molar-refractivity contribution is 5.94. The molecule has 6 heteroatoms. The average Bonchev–Trinajstić information content (AvgIpc) is 2.58. The van der Waals surface area contributed by atoms with Crippen molar-refractivity contribution < 1.29 is 9.59 Å². The van der Waals surface area contributed by atoms with Gasteiger partial charge in [0.15, 0.2) is 0 Å². The van der Waals surface area contributed by atoms with Gasteiger partial charge in [0.25, 0.3) is 5.91 Å². The van der Waals surface area contributed by atoms with Gasteiger partial charge in [-0.25, -0.2) is 0 Å². The van der Waals surface area contributed by atoms with Crippen LogP contribution in [0.5, 0.6) is 0 Å². The fourth-order valence-corrected chi connectivity index (χ4v) is 3.16. The second-order valence-corrected chi connectivity index (χ2v) is 6.32. The number of carbonyl (C=O) groups excluding carboxylic acids is 2. The second kappa shape index (κ2) is 10.3. The first-order valence-corrected chi connectivity index (χ1v) is 8.44. The quantitative estimate of drug-likeness (QED) is 0.734. The zero-order valence-electron chi connectivity index (χ0n) is 14.2. The Morgan fingerprint density at radius 1 is 1.17 bits per heavy atom. The fourth-order valence-electron chi connectivity index (χ4n) is 3.16. The van der Waals surface area contributed by atoms with Gasteiger partial charge < -0.3 is 16.4 Å². The van der Waals surface area contributed by atoms with Crippen LogP contribution in [-0.4, -0.2) is 24.4 Å². The minimum atomic E-state index is -0.0721. The van der Waals surface area contributed by atoms with Gasteiger partial charge in [0.05, 0.1) is 0 Å². The van der Waals surface area contributed by atoms with Gasteiger partial charge in [0.2, 0.25) is 5.91 Å². The van der Waals surface area contributed by atoms with Gasteiger partial charge in [0.1, 0.15) is 0 Å². The summed E-state index contributed by atoms with van der Waals surface area (Å²) in [5.74, 6) is 0.360. The number of nitrogens with one attached hydrogen (secondary N) is 2. The van der Waals surface area contributed by atoms with Gasteiger partial charge >= 0.3 is 0 Å². The molecule has 1 aliphatic rings. The minimum Gasteiger partial charge on any atom is -0.352 e. The third-order valence-electron chi connectivity index (χ3n) is 4.55. The van der Waals surface area contributed by atoms with Crippen molar-refractivity contribution in [2.75, 3.05) is 6.54 Å². The van der Waals surface area contributed by atoms with Gasteiger partial charge in [0, 0.05) is 31.6 Å². The molecule has 0 aromatic heterocycles. The molecule has 0 saturated heterocycles. The topological polar surface area (TPSA) is 84.2 Å². The van der Waals surface area contributed by atoms with E-state index >= 15 is 0 Å². The van der Waals surface area contributed by atoms with Gasteiger partial charge in [-0.3, -0.25) is 9.59 Å². The molecule has 0 aliphatic heterocycles. The molecule has 1 atom stereocenters. The van der Waals surface area contributed by atoms with Crippen LogP contribution in [0.4, 0.5) is 0 Å². The van der Waals surface area contributed by atoms with Crippen molar-refractivity contribution >= 4 is 24.2 Å². The summed E-state index contributed by atoms with van der Waals surface area (Å²) in [5.41, 5.74) is 7.47. The summed E-state index contributed by atoms with van der Waals surface area (Å²) in [5, 5.41) is 5.83. The van der Waals surface area contributed by atoms with Crippen LogP contribution < -0.4 is 16.4 Å². The largest absolute Gasteiger partial charge is 0.352 e. The third-order valence-corrected chi connectivity index (χ3v) is 4.55. The van der Waals surface area contributed by atoms with Crippen LogP contribution in [0.25, 0.3) is 0 Å². The molecule has 1 aromatic carbocycles. The van der Waals surface area contributed by atoms with Gasteiger partial charge in [-0.05, 0) is 36.5 Å². The van der Waals surface area contributed by atoms with E-state index in [1.54, 1.807) is 12.1 Å². The van der Waals surface area contributed by atoms with Crippen molar-refractivity contribution in [2.45, 2.75) is 51.6 Å². The maximum atomic E-state index is 12.4. The van der Waals surface area contributed by atoms with Crippen molar-refractivity contribution in [3.8, 4) is 0 Å². The maximum Gasteiger partial charge on any atom is 0.251 e. The SMILES string of the molecule is CC(=O)NCc1ccc(C(=O)NC(CN)C2CCCCC2)cc1.Cl. The van der Waals surface area contributed by atoms with Crippen LogP contribution in [0.2, 0.25) is 0 Å². The highest BCUT2D eigenvalue weighted by atomic mass is 35.5. The number of amides is 2. The zero-order chi connectivity index (χ0) is 16.7. The normalized spacial score (nSPS) is 15.9. The first kappa shape index (κ1) is 20.5. The van der Waals surface area contributed by atoms with Crippen LogP contribution in [0, 0.1) is 5.92 Å². The first-order valence-electron chi connectivity index (χ1n) is 8.44. The second-order valence-electron chi connectivity index (χ2n) is 6.32. The van der Waals surface area contributed by atoms with Crippen LogP contribution in [0.1, 0.15) is 54.9 Å². The fraction of sp³-hybridized carbons (Fsp3) is 0.556. The van der Waals surface area contributed by atoms with E-state index < -0.39 is 0 Å². The lowest BCUT2D eigenvalue weighted by Crippen LogP contribution is -2.45. The minimum absolute atomic E-state index is 0. The van der Waals surface area contributed by atoms with E-state index in [1.807, 2.05) is 12.1 Å². The Labute approximate surface area is 150 Å². The maximum absolute atomic E-state index is 12.4. The molecule has 2 rings (SSSR count). The van der Waals surface area contributed by atoms with Gasteiger partial charge in [-0.2, -0.15) is 0 Å². The molecule has 1 aromatic rings. The smallest absolute Gasteiger partial charge is 0.251 e. The molecule has 1 saturated carbocycles. The zero-order valence-corrected chi connectivity index (χ0v) is 15.0. The number of carbonyl (C=O) groups is 2. The molecule has 24 heavy (non-hydrogen) atoms. The molecule has 4 N–H and O–H groups in total. The molecule has 134 valence electrons. The van der Waals surface area contributed by atoms with Crippen molar-refractivity contribution in [3.63, 3.8) is 0 Å². The average molecular weight is 354 g/mol. The Morgan fingerprint density at radius 3 is 2.33 bits per heavy atom. The van der Waals surface area contributed by atoms with Crippen molar-refractivity contribution in [2.24, 2.45) is 11.7 Å². The molecule has 5 nitrogen and oxygen atoms in total. The van der Waals surface area contributed by atoms with Crippen LogP contribution in [0.3, 0.4) is 0 Å². The van der Waals surface area contributed by atoms with E-state index in [0.717, 1.165) is 18.4 Å². The van der Waals surface area contributed by atoms with Crippen LogP contribution >= 0.6 is 12.4 Å². The third kappa shape index (κ3) is 6.13. The molecule has 0 radical (unpaired) electrons. The van der Waals surface area contributed by atoms with E-state index in [-0.39, 0.29) is 30.3 Å². The standard InChI is InChI=1S/C18H27N3O2.ClH/c1-13(22)20-12-14-7-9-16(10-8-14)18(23)21-17(11-19)15-5-3-2-4-6-15;/h7-10,15,17H,2-6,11-12,19H2,1H3,(H,20,22)(H,21,23);1H. The summed E-state index contributed by atoms with van der Waals surface area (Å²) in [7, 11) is 0. The number of hydrogen-bond donors (Lipinski definition) is 3. The summed E-state index contributed by atoms with van der Waals surface area (Å²) in [4.78, 5) is 23.3. The first-order chi connectivity index (χ1) is 11.1. The Bertz CT molecular complexity index is 528. The lowest BCUT2D eigenvalue weighted by atomic mass is 9.84. The molecule has 0 spiro atoms. The molecule has 1 fully saturated rings. The number of rotatable bonds is 6.